The largest absolute Gasteiger partial charge is 0.507 e. The number of esters is 1. The molecule has 0 aliphatic heterocycles. The lowest BCUT2D eigenvalue weighted by atomic mass is 10.2. The molecule has 0 fully saturated rings. The van der Waals surface area contributed by atoms with Gasteiger partial charge in [-0.1, -0.05) is 13.8 Å². The number of non-ortho nitro benzene ring substituents is 1. The zero-order valence-electron chi connectivity index (χ0n) is 15.9. The van der Waals surface area contributed by atoms with Gasteiger partial charge < -0.3 is 14.7 Å². The molecule has 2 aromatic rings. The third-order valence-electron chi connectivity index (χ3n) is 4.21. The number of aliphatic imine (C=N–C) groups is 1. The molecular formula is C20H23N3O5. The van der Waals surface area contributed by atoms with Crippen molar-refractivity contribution in [2.45, 2.75) is 13.8 Å². The number of carbonyl (C=O) groups is 1. The van der Waals surface area contributed by atoms with E-state index >= 15 is 0 Å². The van der Waals surface area contributed by atoms with E-state index in [1.807, 2.05) is 0 Å². The Morgan fingerprint density at radius 2 is 1.89 bits per heavy atom. The van der Waals surface area contributed by atoms with Gasteiger partial charge in [0.05, 0.1) is 16.2 Å². The number of hydrogen-bond acceptors (Lipinski definition) is 7. The summed E-state index contributed by atoms with van der Waals surface area (Å²) in [5.74, 6) is -0.512. The number of aromatic hydroxyl groups is 1. The first-order valence-corrected chi connectivity index (χ1v) is 8.95. The Bertz CT molecular complexity index is 845. The molecule has 0 unspecified atom stereocenters. The van der Waals surface area contributed by atoms with Crippen molar-refractivity contribution in [3.63, 3.8) is 0 Å². The van der Waals surface area contributed by atoms with Crippen molar-refractivity contribution >= 4 is 23.6 Å². The van der Waals surface area contributed by atoms with Crippen LogP contribution in [0.2, 0.25) is 0 Å². The zero-order chi connectivity index (χ0) is 20.5. The van der Waals surface area contributed by atoms with Gasteiger partial charge in [0.25, 0.3) is 5.69 Å². The summed E-state index contributed by atoms with van der Waals surface area (Å²) in [6.07, 6.45) is 1.33. The van der Waals surface area contributed by atoms with Gasteiger partial charge in [-0.25, -0.2) is 4.79 Å². The Kier molecular flexibility index (Phi) is 7.65. The van der Waals surface area contributed by atoms with Crippen LogP contribution in [0.5, 0.6) is 5.75 Å². The smallest absolute Gasteiger partial charge is 0.338 e. The predicted molar refractivity (Wildman–Crippen MR) is 107 cm³/mol. The van der Waals surface area contributed by atoms with Crippen LogP contribution in [-0.4, -0.2) is 53.4 Å². The van der Waals surface area contributed by atoms with Crippen LogP contribution >= 0.6 is 0 Å². The fourth-order valence-electron chi connectivity index (χ4n) is 2.48. The fourth-order valence-corrected chi connectivity index (χ4v) is 2.48. The quantitative estimate of drug-likeness (QED) is 0.306. The zero-order valence-corrected chi connectivity index (χ0v) is 15.9. The number of carbonyl (C=O) groups excluding carboxylic acids is 1. The minimum atomic E-state index is -0.544. The van der Waals surface area contributed by atoms with Crippen molar-refractivity contribution in [1.82, 2.24) is 4.90 Å². The molecule has 0 saturated heterocycles. The number of hydrogen-bond donors (Lipinski definition) is 1. The molecule has 0 aliphatic rings. The van der Waals surface area contributed by atoms with Crippen LogP contribution in [0.25, 0.3) is 0 Å². The number of phenols is 1. The molecule has 0 aliphatic carbocycles. The average molecular weight is 385 g/mol. The Labute approximate surface area is 163 Å². The van der Waals surface area contributed by atoms with E-state index in [0.717, 1.165) is 13.1 Å². The summed E-state index contributed by atoms with van der Waals surface area (Å²) >= 11 is 0. The maximum absolute atomic E-state index is 12.1. The van der Waals surface area contributed by atoms with Gasteiger partial charge in [-0.05, 0) is 43.4 Å². The molecule has 28 heavy (non-hydrogen) atoms. The first-order valence-electron chi connectivity index (χ1n) is 8.95. The highest BCUT2D eigenvalue weighted by molar-refractivity contribution is 5.90. The Hall–Kier alpha value is -3.26. The van der Waals surface area contributed by atoms with E-state index in [2.05, 4.69) is 23.7 Å². The van der Waals surface area contributed by atoms with Gasteiger partial charge in [-0.15, -0.1) is 0 Å². The lowest BCUT2D eigenvalue weighted by Crippen LogP contribution is -2.27. The number of phenolic OH excluding ortho intramolecular Hbond substituents is 1. The van der Waals surface area contributed by atoms with Gasteiger partial charge in [0.1, 0.15) is 12.4 Å². The third kappa shape index (κ3) is 5.88. The second-order valence-corrected chi connectivity index (χ2v) is 5.97. The summed E-state index contributed by atoms with van der Waals surface area (Å²) in [7, 11) is 0. The van der Waals surface area contributed by atoms with Gasteiger partial charge in [-0.3, -0.25) is 15.1 Å². The highest BCUT2D eigenvalue weighted by Gasteiger charge is 2.10. The Morgan fingerprint density at radius 3 is 2.50 bits per heavy atom. The first kappa shape index (κ1) is 21.0. The SMILES string of the molecule is CCN(CC)CCOC(=O)c1ccc(N=Cc2cc([N+](=O)[O-])ccc2O)cc1. The van der Waals surface area contributed by atoms with Crippen LogP contribution in [0.3, 0.4) is 0 Å². The number of nitro benzene ring substituents is 1. The second-order valence-electron chi connectivity index (χ2n) is 5.97. The van der Waals surface area contributed by atoms with Crippen LogP contribution < -0.4 is 0 Å². The second kappa shape index (κ2) is 10.2. The lowest BCUT2D eigenvalue weighted by Gasteiger charge is -2.17. The maximum Gasteiger partial charge on any atom is 0.338 e. The van der Waals surface area contributed by atoms with Crippen LogP contribution in [0, 0.1) is 10.1 Å². The predicted octanol–water partition coefficient (Wildman–Crippen LogP) is 3.55. The molecule has 148 valence electrons. The molecule has 8 heteroatoms. The molecule has 2 aromatic carbocycles. The molecule has 0 heterocycles. The van der Waals surface area contributed by atoms with Crippen molar-refractivity contribution in [3.05, 3.63) is 63.7 Å². The fraction of sp³-hybridized carbons (Fsp3) is 0.300. The van der Waals surface area contributed by atoms with E-state index in [1.54, 1.807) is 24.3 Å². The van der Waals surface area contributed by atoms with Crippen molar-refractivity contribution < 1.29 is 19.6 Å². The number of nitrogens with zero attached hydrogens (tertiary/aromatic N) is 3. The summed E-state index contributed by atoms with van der Waals surface area (Å²) in [6.45, 7) is 6.93. The summed E-state index contributed by atoms with van der Waals surface area (Å²) in [4.78, 5) is 28.7. The minimum Gasteiger partial charge on any atom is -0.507 e. The highest BCUT2D eigenvalue weighted by Crippen LogP contribution is 2.22. The summed E-state index contributed by atoms with van der Waals surface area (Å²) < 4.78 is 5.27. The first-order chi connectivity index (χ1) is 13.4. The summed E-state index contributed by atoms with van der Waals surface area (Å²) in [5.41, 5.74) is 1.04. The number of benzene rings is 2. The number of rotatable bonds is 9. The Balaban J connectivity index is 1.99. The average Bonchev–Trinajstić information content (AvgIpc) is 2.70. The van der Waals surface area contributed by atoms with Crippen molar-refractivity contribution in [2.75, 3.05) is 26.2 Å². The van der Waals surface area contributed by atoms with E-state index in [0.29, 0.717) is 24.4 Å². The minimum absolute atomic E-state index is 0.109. The third-order valence-corrected chi connectivity index (χ3v) is 4.21. The van der Waals surface area contributed by atoms with Crippen molar-refractivity contribution in [1.29, 1.82) is 0 Å². The highest BCUT2D eigenvalue weighted by atomic mass is 16.6. The van der Waals surface area contributed by atoms with Gasteiger partial charge >= 0.3 is 5.97 Å². The van der Waals surface area contributed by atoms with Crippen molar-refractivity contribution in [3.8, 4) is 5.75 Å². The molecule has 2 rings (SSSR count). The van der Waals surface area contributed by atoms with Gasteiger partial charge in [0.15, 0.2) is 0 Å². The lowest BCUT2D eigenvalue weighted by molar-refractivity contribution is -0.384. The standard InChI is InChI=1S/C20H23N3O5/c1-3-22(4-2)11-12-28-20(25)15-5-7-17(8-6-15)21-14-16-13-18(23(26)27)9-10-19(16)24/h5-10,13-14,24H,3-4,11-12H2,1-2H3. The van der Waals surface area contributed by atoms with Crippen molar-refractivity contribution in [2.24, 2.45) is 4.99 Å². The maximum atomic E-state index is 12.1. The van der Waals surface area contributed by atoms with Gasteiger partial charge in [-0.2, -0.15) is 0 Å². The number of ether oxygens (including phenoxy) is 1. The molecule has 0 bridgehead atoms. The van der Waals surface area contributed by atoms with Crippen LogP contribution in [0.4, 0.5) is 11.4 Å². The van der Waals surface area contributed by atoms with Gasteiger partial charge in [0.2, 0.25) is 0 Å². The molecule has 0 amide bonds. The van der Waals surface area contributed by atoms with Crippen LogP contribution in [-0.2, 0) is 4.74 Å². The molecule has 0 aromatic heterocycles. The van der Waals surface area contributed by atoms with E-state index < -0.39 is 10.9 Å². The van der Waals surface area contributed by atoms with E-state index in [4.69, 9.17) is 4.74 Å². The van der Waals surface area contributed by atoms with Gasteiger partial charge in [0, 0.05) is 30.5 Å². The molecule has 1 N–H and O–H groups in total. The van der Waals surface area contributed by atoms with E-state index in [9.17, 15) is 20.0 Å². The molecule has 0 radical (unpaired) electrons. The van der Waals surface area contributed by atoms with E-state index in [-0.39, 0.29) is 17.0 Å². The normalized spacial score (nSPS) is 11.1. The summed E-state index contributed by atoms with van der Waals surface area (Å²) in [5, 5.41) is 20.6. The molecule has 8 nitrogen and oxygen atoms in total. The molecule has 0 atom stereocenters. The van der Waals surface area contributed by atoms with E-state index in [1.165, 1.54) is 24.4 Å². The number of likely N-dealkylation sites (N-methyl/N-ethyl adjacent to an activating group) is 1. The number of nitro groups is 1. The van der Waals surface area contributed by atoms with Crippen LogP contribution in [0.1, 0.15) is 29.8 Å². The molecular weight excluding hydrogens is 362 g/mol. The topological polar surface area (TPSA) is 105 Å². The Morgan fingerprint density at radius 1 is 1.21 bits per heavy atom. The molecule has 0 spiro atoms. The van der Waals surface area contributed by atoms with Crippen LogP contribution in [0.15, 0.2) is 47.5 Å². The monoisotopic (exact) mass is 385 g/mol. The summed E-state index contributed by atoms with van der Waals surface area (Å²) in [6, 6.07) is 10.2. The molecule has 0 saturated carbocycles.